The van der Waals surface area contributed by atoms with E-state index in [1.165, 1.54) is 12.8 Å². The Labute approximate surface area is 112 Å². The van der Waals surface area contributed by atoms with Gasteiger partial charge in [-0.2, -0.15) is 0 Å². The molecule has 0 radical (unpaired) electrons. The summed E-state index contributed by atoms with van der Waals surface area (Å²) in [7, 11) is 0. The highest BCUT2D eigenvalue weighted by molar-refractivity contribution is 5.76. The van der Waals surface area contributed by atoms with E-state index < -0.39 is 0 Å². The fourth-order valence-electron chi connectivity index (χ4n) is 1.86. The van der Waals surface area contributed by atoms with Gasteiger partial charge in [0.2, 0.25) is 5.91 Å². The Morgan fingerprint density at radius 1 is 1.28 bits per heavy atom. The Balaban J connectivity index is 3.94. The molecular weight excluding hydrogens is 228 g/mol. The van der Waals surface area contributed by atoms with Crippen molar-refractivity contribution < 1.29 is 9.90 Å². The Morgan fingerprint density at radius 3 is 2.56 bits per heavy atom. The molecule has 0 fully saturated rings. The number of hydrogen-bond acceptors (Lipinski definition) is 3. The van der Waals surface area contributed by atoms with Gasteiger partial charge < -0.3 is 15.7 Å². The van der Waals surface area contributed by atoms with Crippen molar-refractivity contribution >= 4 is 5.91 Å². The molecule has 0 aliphatic heterocycles. The second-order valence-corrected chi connectivity index (χ2v) is 5.04. The average molecular weight is 258 g/mol. The van der Waals surface area contributed by atoms with Crippen molar-refractivity contribution in [2.45, 2.75) is 52.4 Å². The Morgan fingerprint density at radius 2 is 2.00 bits per heavy atom. The van der Waals surface area contributed by atoms with Crippen LogP contribution >= 0.6 is 0 Å². The van der Waals surface area contributed by atoms with E-state index in [4.69, 9.17) is 10.8 Å². The maximum absolute atomic E-state index is 12.0. The number of rotatable bonds is 11. The molecule has 1 unspecified atom stereocenters. The van der Waals surface area contributed by atoms with E-state index in [-0.39, 0.29) is 12.5 Å². The van der Waals surface area contributed by atoms with Crippen LogP contribution in [0.4, 0.5) is 0 Å². The summed E-state index contributed by atoms with van der Waals surface area (Å²) in [6, 6.07) is 0. The summed E-state index contributed by atoms with van der Waals surface area (Å²) in [5.74, 6) is 0.547. The van der Waals surface area contributed by atoms with Gasteiger partial charge in [-0.05, 0) is 25.3 Å². The minimum Gasteiger partial charge on any atom is -0.395 e. The smallest absolute Gasteiger partial charge is 0.222 e. The molecule has 4 heteroatoms. The molecule has 0 saturated carbocycles. The third kappa shape index (κ3) is 8.48. The zero-order chi connectivity index (χ0) is 13.8. The lowest BCUT2D eigenvalue weighted by Gasteiger charge is -2.22. The molecule has 108 valence electrons. The molecule has 0 aromatic heterocycles. The van der Waals surface area contributed by atoms with Gasteiger partial charge in [0.15, 0.2) is 0 Å². The highest BCUT2D eigenvalue weighted by atomic mass is 16.3. The topological polar surface area (TPSA) is 66.6 Å². The number of nitrogens with two attached hydrogens (primary N) is 1. The number of carbonyl (C=O) groups excluding carboxylic acids is 1. The maximum Gasteiger partial charge on any atom is 0.222 e. The van der Waals surface area contributed by atoms with E-state index >= 15 is 0 Å². The maximum atomic E-state index is 12.0. The van der Waals surface area contributed by atoms with Crippen LogP contribution in [-0.4, -0.2) is 42.2 Å². The second kappa shape index (κ2) is 11.5. The molecule has 0 aliphatic rings. The van der Waals surface area contributed by atoms with Crippen LogP contribution in [0, 0.1) is 5.92 Å². The van der Waals surface area contributed by atoms with Crippen molar-refractivity contribution in [2.75, 3.05) is 26.2 Å². The number of carbonyl (C=O) groups is 1. The summed E-state index contributed by atoms with van der Waals surface area (Å²) in [5.41, 5.74) is 5.54. The highest BCUT2D eigenvalue weighted by Gasteiger charge is 2.13. The van der Waals surface area contributed by atoms with Crippen LogP contribution in [0.25, 0.3) is 0 Å². The van der Waals surface area contributed by atoms with Gasteiger partial charge in [0.1, 0.15) is 0 Å². The lowest BCUT2D eigenvalue weighted by Crippen LogP contribution is -2.34. The molecule has 0 saturated heterocycles. The molecule has 0 bridgehead atoms. The van der Waals surface area contributed by atoms with Crippen LogP contribution in [0.1, 0.15) is 52.4 Å². The van der Waals surface area contributed by atoms with Gasteiger partial charge in [0.25, 0.3) is 0 Å². The van der Waals surface area contributed by atoms with Crippen molar-refractivity contribution in [1.82, 2.24) is 4.90 Å². The van der Waals surface area contributed by atoms with Gasteiger partial charge in [0, 0.05) is 19.5 Å². The molecular formula is C14H30N2O2. The van der Waals surface area contributed by atoms with Crippen molar-refractivity contribution in [3.8, 4) is 0 Å². The molecule has 0 rings (SSSR count). The fourth-order valence-corrected chi connectivity index (χ4v) is 1.86. The first-order chi connectivity index (χ1) is 8.65. The Kier molecular flexibility index (Phi) is 11.1. The first-order valence-electron chi connectivity index (χ1n) is 7.24. The van der Waals surface area contributed by atoms with Gasteiger partial charge in [-0.3, -0.25) is 4.79 Å². The van der Waals surface area contributed by atoms with Crippen LogP contribution in [0.3, 0.4) is 0 Å². The third-order valence-electron chi connectivity index (χ3n) is 3.26. The van der Waals surface area contributed by atoms with Crippen LogP contribution in [0.15, 0.2) is 0 Å². The van der Waals surface area contributed by atoms with E-state index in [2.05, 4.69) is 13.8 Å². The predicted octanol–water partition coefficient (Wildman–Crippen LogP) is 1.76. The molecule has 0 spiro atoms. The first kappa shape index (κ1) is 17.4. The number of aliphatic hydroxyl groups excluding tert-OH is 1. The third-order valence-corrected chi connectivity index (χ3v) is 3.26. The van der Waals surface area contributed by atoms with Gasteiger partial charge in [-0.1, -0.05) is 33.1 Å². The normalized spacial score (nSPS) is 12.4. The van der Waals surface area contributed by atoms with Gasteiger partial charge >= 0.3 is 0 Å². The monoisotopic (exact) mass is 258 g/mol. The predicted molar refractivity (Wildman–Crippen MR) is 75.3 cm³/mol. The molecule has 0 heterocycles. The summed E-state index contributed by atoms with van der Waals surface area (Å²) in [5, 5.41) is 9.00. The summed E-state index contributed by atoms with van der Waals surface area (Å²) < 4.78 is 0. The molecule has 1 amide bonds. The standard InChI is InChI=1S/C14H30N2O2/c1-3-4-5-6-9-16(10-11-17)14(18)8-7-13(2)12-15/h13,17H,3-12,15H2,1-2H3. The Bertz CT molecular complexity index is 210. The molecule has 0 aliphatic carbocycles. The zero-order valence-electron chi connectivity index (χ0n) is 12.0. The van der Waals surface area contributed by atoms with Crippen LogP contribution in [0.2, 0.25) is 0 Å². The quantitative estimate of drug-likeness (QED) is 0.555. The number of hydrogen-bond donors (Lipinski definition) is 2. The lowest BCUT2D eigenvalue weighted by atomic mass is 10.1. The van der Waals surface area contributed by atoms with Crippen LogP contribution in [-0.2, 0) is 4.79 Å². The zero-order valence-corrected chi connectivity index (χ0v) is 12.0. The number of nitrogens with zero attached hydrogens (tertiary/aromatic N) is 1. The number of unbranched alkanes of at least 4 members (excludes halogenated alkanes) is 3. The van der Waals surface area contributed by atoms with Crippen molar-refractivity contribution in [3.05, 3.63) is 0 Å². The second-order valence-electron chi connectivity index (χ2n) is 5.04. The van der Waals surface area contributed by atoms with Crippen molar-refractivity contribution in [2.24, 2.45) is 11.7 Å². The van der Waals surface area contributed by atoms with E-state index in [9.17, 15) is 4.79 Å². The van der Waals surface area contributed by atoms with E-state index in [0.717, 1.165) is 25.8 Å². The molecule has 1 atom stereocenters. The summed E-state index contributed by atoms with van der Waals surface area (Å²) >= 11 is 0. The van der Waals surface area contributed by atoms with Crippen LogP contribution in [0.5, 0.6) is 0 Å². The SMILES string of the molecule is CCCCCCN(CCO)C(=O)CCC(C)CN. The summed E-state index contributed by atoms with van der Waals surface area (Å²) in [6.45, 7) is 6.14. The molecule has 18 heavy (non-hydrogen) atoms. The van der Waals surface area contributed by atoms with Crippen molar-refractivity contribution in [1.29, 1.82) is 0 Å². The summed E-state index contributed by atoms with van der Waals surface area (Å²) in [6.07, 6.45) is 5.99. The van der Waals surface area contributed by atoms with Gasteiger partial charge in [-0.25, -0.2) is 0 Å². The molecule has 0 aromatic rings. The lowest BCUT2D eigenvalue weighted by molar-refractivity contribution is -0.132. The van der Waals surface area contributed by atoms with Crippen LogP contribution < -0.4 is 5.73 Å². The minimum absolute atomic E-state index is 0.0476. The van der Waals surface area contributed by atoms with Crippen molar-refractivity contribution in [3.63, 3.8) is 0 Å². The minimum atomic E-state index is 0.0476. The van der Waals surface area contributed by atoms with E-state index in [1.807, 2.05) is 0 Å². The average Bonchev–Trinajstić information content (AvgIpc) is 2.39. The largest absolute Gasteiger partial charge is 0.395 e. The molecule has 3 N–H and O–H groups in total. The Hall–Kier alpha value is -0.610. The van der Waals surface area contributed by atoms with Gasteiger partial charge in [0.05, 0.1) is 6.61 Å². The highest BCUT2D eigenvalue weighted by Crippen LogP contribution is 2.08. The molecule has 0 aromatic carbocycles. The fraction of sp³-hybridized carbons (Fsp3) is 0.929. The summed E-state index contributed by atoms with van der Waals surface area (Å²) in [4.78, 5) is 13.8. The van der Waals surface area contributed by atoms with E-state index in [1.54, 1.807) is 4.90 Å². The molecule has 4 nitrogen and oxygen atoms in total. The number of aliphatic hydroxyl groups is 1. The first-order valence-corrected chi connectivity index (χ1v) is 7.24. The number of amides is 1. The van der Waals surface area contributed by atoms with Gasteiger partial charge in [-0.15, -0.1) is 0 Å². The van der Waals surface area contributed by atoms with E-state index in [0.29, 0.717) is 25.4 Å².